The van der Waals surface area contributed by atoms with E-state index in [1.807, 2.05) is 0 Å². The molecule has 0 atom stereocenters. The Morgan fingerprint density at radius 2 is 2.31 bits per heavy atom. The number of terminal acetylenes is 1. The predicted molar refractivity (Wildman–Crippen MR) is 57.9 cm³/mol. The first kappa shape index (κ1) is 11.8. The van der Waals surface area contributed by atoms with Crippen molar-refractivity contribution < 1.29 is 9.72 Å². The maximum Gasteiger partial charge on any atom is 0.323 e. The van der Waals surface area contributed by atoms with Gasteiger partial charge in [0.1, 0.15) is 0 Å². The summed E-state index contributed by atoms with van der Waals surface area (Å²) in [6.45, 7) is 0.164. The smallest absolute Gasteiger partial charge is 0.323 e. The third-order valence-electron chi connectivity index (χ3n) is 2.18. The largest absolute Gasteiger partial charge is 0.358 e. The molecule has 0 aliphatic heterocycles. The van der Waals surface area contributed by atoms with Crippen LogP contribution in [0.25, 0.3) is 0 Å². The van der Waals surface area contributed by atoms with Gasteiger partial charge in [-0.25, -0.2) is 4.57 Å². The van der Waals surface area contributed by atoms with Crippen molar-refractivity contribution in [1.29, 1.82) is 0 Å². The summed E-state index contributed by atoms with van der Waals surface area (Å²) >= 11 is 0. The van der Waals surface area contributed by atoms with Crippen molar-refractivity contribution in [2.45, 2.75) is 0 Å². The standard InChI is InChI=1S/C10H11N3O3/c1-4-7-11(2)10(14)8-5-6-9(12(8)3)13(15)16/h1,5-6H,7H2,2-3H3. The van der Waals surface area contributed by atoms with Crippen molar-refractivity contribution in [2.24, 2.45) is 7.05 Å². The van der Waals surface area contributed by atoms with E-state index in [0.29, 0.717) is 0 Å². The molecule has 6 nitrogen and oxygen atoms in total. The Bertz CT molecular complexity index is 470. The molecule has 1 heterocycles. The number of rotatable bonds is 3. The molecule has 0 saturated heterocycles. The fraction of sp³-hybridized carbons (Fsp3) is 0.300. The van der Waals surface area contributed by atoms with Crippen LogP contribution >= 0.6 is 0 Å². The van der Waals surface area contributed by atoms with E-state index < -0.39 is 4.92 Å². The second-order valence-electron chi connectivity index (χ2n) is 3.26. The summed E-state index contributed by atoms with van der Waals surface area (Å²) in [5, 5.41) is 10.6. The zero-order valence-electron chi connectivity index (χ0n) is 9.01. The number of hydrogen-bond acceptors (Lipinski definition) is 3. The quantitative estimate of drug-likeness (QED) is 0.427. The summed E-state index contributed by atoms with van der Waals surface area (Å²) < 4.78 is 1.23. The molecule has 0 aliphatic carbocycles. The average molecular weight is 221 g/mol. The minimum atomic E-state index is -0.544. The lowest BCUT2D eigenvalue weighted by Crippen LogP contribution is -2.28. The fourth-order valence-electron chi connectivity index (χ4n) is 1.30. The molecule has 1 amide bonds. The fourth-order valence-corrected chi connectivity index (χ4v) is 1.30. The molecule has 0 unspecified atom stereocenters. The Morgan fingerprint density at radius 3 is 2.75 bits per heavy atom. The van der Waals surface area contributed by atoms with Gasteiger partial charge >= 0.3 is 5.82 Å². The van der Waals surface area contributed by atoms with Crippen LogP contribution in [0, 0.1) is 22.5 Å². The van der Waals surface area contributed by atoms with Gasteiger partial charge < -0.3 is 15.0 Å². The first-order valence-electron chi connectivity index (χ1n) is 4.48. The number of carbonyl (C=O) groups is 1. The first-order valence-corrected chi connectivity index (χ1v) is 4.48. The normalized spacial score (nSPS) is 9.56. The third-order valence-corrected chi connectivity index (χ3v) is 2.18. The summed E-state index contributed by atoms with van der Waals surface area (Å²) in [7, 11) is 3.01. The maximum atomic E-state index is 11.8. The van der Waals surface area contributed by atoms with Crippen molar-refractivity contribution in [3.63, 3.8) is 0 Å². The molecule has 0 N–H and O–H groups in total. The second kappa shape index (κ2) is 4.49. The summed E-state index contributed by atoms with van der Waals surface area (Å²) in [5.74, 6) is 1.86. The van der Waals surface area contributed by atoms with Crippen LogP contribution in [0.3, 0.4) is 0 Å². The molecular formula is C10H11N3O3. The van der Waals surface area contributed by atoms with Crippen molar-refractivity contribution >= 4 is 11.7 Å². The number of nitrogens with zero attached hydrogens (tertiary/aromatic N) is 3. The minimum Gasteiger partial charge on any atom is -0.358 e. The Hall–Kier alpha value is -2.29. The highest BCUT2D eigenvalue weighted by atomic mass is 16.6. The van der Waals surface area contributed by atoms with Gasteiger partial charge in [-0.15, -0.1) is 6.42 Å². The van der Waals surface area contributed by atoms with Crippen LogP contribution < -0.4 is 0 Å². The zero-order chi connectivity index (χ0) is 12.3. The van der Waals surface area contributed by atoms with Crippen molar-refractivity contribution in [3.05, 3.63) is 27.9 Å². The molecule has 0 aliphatic rings. The summed E-state index contributed by atoms with van der Waals surface area (Å²) in [5.41, 5.74) is 0.240. The first-order chi connectivity index (χ1) is 7.49. The molecule has 1 rings (SSSR count). The van der Waals surface area contributed by atoms with E-state index in [0.717, 1.165) is 0 Å². The van der Waals surface area contributed by atoms with Crippen LogP contribution in [0.5, 0.6) is 0 Å². The van der Waals surface area contributed by atoms with Crippen molar-refractivity contribution in [3.8, 4) is 12.3 Å². The van der Waals surface area contributed by atoms with E-state index >= 15 is 0 Å². The van der Waals surface area contributed by atoms with Gasteiger partial charge in [0.15, 0.2) is 5.69 Å². The molecule has 0 fully saturated rings. The summed E-state index contributed by atoms with van der Waals surface area (Å²) in [6, 6.07) is 2.70. The van der Waals surface area contributed by atoms with E-state index in [2.05, 4.69) is 5.92 Å². The summed E-state index contributed by atoms with van der Waals surface area (Å²) in [6.07, 6.45) is 5.08. The third kappa shape index (κ3) is 2.03. The second-order valence-corrected chi connectivity index (χ2v) is 3.26. The highest BCUT2D eigenvalue weighted by Gasteiger charge is 2.22. The van der Waals surface area contributed by atoms with Crippen LogP contribution in [0.15, 0.2) is 12.1 Å². The zero-order valence-corrected chi connectivity index (χ0v) is 9.01. The van der Waals surface area contributed by atoms with Crippen LogP contribution in [0.4, 0.5) is 5.82 Å². The van der Waals surface area contributed by atoms with E-state index in [-0.39, 0.29) is 24.0 Å². The van der Waals surface area contributed by atoms with Gasteiger partial charge in [-0.3, -0.25) is 4.79 Å². The topological polar surface area (TPSA) is 68.4 Å². The maximum absolute atomic E-state index is 11.8. The highest BCUT2D eigenvalue weighted by Crippen LogP contribution is 2.16. The summed E-state index contributed by atoms with van der Waals surface area (Å²) in [4.78, 5) is 23.1. The number of hydrogen-bond donors (Lipinski definition) is 0. The Kier molecular flexibility index (Phi) is 3.30. The number of nitro groups is 1. The lowest BCUT2D eigenvalue weighted by molar-refractivity contribution is -0.391. The predicted octanol–water partition coefficient (Wildman–Crippen LogP) is 0.639. The van der Waals surface area contributed by atoms with Crippen molar-refractivity contribution in [1.82, 2.24) is 9.47 Å². The molecular weight excluding hydrogens is 210 g/mol. The van der Waals surface area contributed by atoms with Crippen LogP contribution in [0.2, 0.25) is 0 Å². The Labute approximate surface area is 92.6 Å². The Morgan fingerprint density at radius 1 is 1.69 bits per heavy atom. The number of aromatic nitrogens is 1. The lowest BCUT2D eigenvalue weighted by atomic mass is 10.3. The Balaban J connectivity index is 3.02. The number of carbonyl (C=O) groups excluding carboxylic acids is 1. The van der Waals surface area contributed by atoms with Gasteiger partial charge in [-0.1, -0.05) is 5.92 Å². The molecule has 0 radical (unpaired) electrons. The molecule has 16 heavy (non-hydrogen) atoms. The van der Waals surface area contributed by atoms with E-state index in [9.17, 15) is 14.9 Å². The average Bonchev–Trinajstić information content (AvgIpc) is 2.59. The molecule has 6 heteroatoms. The lowest BCUT2D eigenvalue weighted by Gasteiger charge is -2.11. The molecule has 0 bridgehead atoms. The van der Waals surface area contributed by atoms with Crippen molar-refractivity contribution in [2.75, 3.05) is 13.6 Å². The van der Waals surface area contributed by atoms with Gasteiger partial charge in [0.05, 0.1) is 13.6 Å². The number of amides is 1. The molecule has 84 valence electrons. The van der Waals surface area contributed by atoms with E-state index in [1.165, 1.54) is 28.6 Å². The molecule has 0 spiro atoms. The van der Waals surface area contributed by atoms with Crippen LogP contribution in [-0.4, -0.2) is 33.9 Å². The van der Waals surface area contributed by atoms with Crippen LogP contribution in [0.1, 0.15) is 10.5 Å². The SMILES string of the molecule is C#CCN(C)C(=O)c1ccc([N+](=O)[O-])n1C. The monoisotopic (exact) mass is 221 g/mol. The van der Waals surface area contributed by atoms with Gasteiger partial charge in [0, 0.05) is 13.1 Å². The molecule has 1 aromatic heterocycles. The van der Waals surface area contributed by atoms with E-state index in [1.54, 1.807) is 7.05 Å². The van der Waals surface area contributed by atoms with Gasteiger partial charge in [0.25, 0.3) is 5.91 Å². The molecule has 0 saturated carbocycles. The van der Waals surface area contributed by atoms with E-state index in [4.69, 9.17) is 6.42 Å². The van der Waals surface area contributed by atoms with Gasteiger partial charge in [-0.05, 0) is 11.0 Å². The van der Waals surface area contributed by atoms with Crippen LogP contribution in [-0.2, 0) is 7.05 Å². The molecule has 1 aromatic rings. The molecule has 0 aromatic carbocycles. The van der Waals surface area contributed by atoms with Gasteiger partial charge in [0.2, 0.25) is 0 Å². The van der Waals surface area contributed by atoms with Gasteiger partial charge in [-0.2, -0.15) is 0 Å². The minimum absolute atomic E-state index is 0.127. The highest BCUT2D eigenvalue weighted by molar-refractivity contribution is 5.93.